The molecule has 2 rings (SSSR count). The number of aliphatic hydroxyl groups is 1. The summed E-state index contributed by atoms with van der Waals surface area (Å²) in [4.78, 5) is 15.3. The molecule has 5 heteroatoms. The summed E-state index contributed by atoms with van der Waals surface area (Å²) in [6.07, 6.45) is 2.50. The number of hydrogen-bond acceptors (Lipinski definition) is 3. The molecule has 3 nitrogen and oxygen atoms in total. The number of aliphatic imine (C=N–C) groups is 1. The van der Waals surface area contributed by atoms with Crippen LogP contribution in [0, 0.1) is 11.6 Å². The van der Waals surface area contributed by atoms with E-state index in [2.05, 4.69) is 4.99 Å². The Labute approximate surface area is 102 Å². The molecular formula is C13H11F2NO2. The first-order valence-corrected chi connectivity index (χ1v) is 5.52. The molecule has 1 N–H and O–H groups in total. The molecule has 0 heterocycles. The van der Waals surface area contributed by atoms with Crippen LogP contribution < -0.4 is 0 Å². The Hall–Kier alpha value is -2.04. The first kappa shape index (κ1) is 12.4. The zero-order chi connectivity index (χ0) is 13.1. The van der Waals surface area contributed by atoms with Gasteiger partial charge in [0.2, 0.25) is 0 Å². The normalized spacial score (nSPS) is 16.7. The van der Waals surface area contributed by atoms with Crippen LogP contribution in [-0.2, 0) is 4.79 Å². The topological polar surface area (TPSA) is 49.7 Å². The average molecular weight is 251 g/mol. The number of ketones is 1. The summed E-state index contributed by atoms with van der Waals surface area (Å²) in [5.41, 5.74) is 0.0278. The second-order valence-electron chi connectivity index (χ2n) is 3.99. The van der Waals surface area contributed by atoms with E-state index in [1.807, 2.05) is 0 Å². The van der Waals surface area contributed by atoms with Gasteiger partial charge in [0.05, 0.1) is 11.3 Å². The van der Waals surface area contributed by atoms with Crippen LogP contribution in [0.5, 0.6) is 0 Å². The summed E-state index contributed by atoms with van der Waals surface area (Å²) >= 11 is 0. The molecule has 1 aliphatic rings. The van der Waals surface area contributed by atoms with Gasteiger partial charge in [-0.3, -0.25) is 9.79 Å². The van der Waals surface area contributed by atoms with Gasteiger partial charge in [0, 0.05) is 25.1 Å². The molecule has 0 saturated carbocycles. The van der Waals surface area contributed by atoms with Crippen molar-refractivity contribution in [3.63, 3.8) is 0 Å². The molecule has 0 saturated heterocycles. The molecule has 0 aromatic heterocycles. The Kier molecular flexibility index (Phi) is 3.50. The minimum absolute atomic E-state index is 0.0301. The molecular weight excluding hydrogens is 240 g/mol. The third-order valence-electron chi connectivity index (χ3n) is 2.67. The lowest BCUT2D eigenvalue weighted by Gasteiger charge is -2.11. The van der Waals surface area contributed by atoms with E-state index in [4.69, 9.17) is 0 Å². The minimum Gasteiger partial charge on any atom is -0.512 e. The molecule has 0 amide bonds. The fourth-order valence-corrected chi connectivity index (χ4v) is 1.71. The highest BCUT2D eigenvalue weighted by atomic mass is 19.1. The van der Waals surface area contributed by atoms with Crippen molar-refractivity contribution < 1.29 is 18.7 Å². The zero-order valence-electron chi connectivity index (χ0n) is 9.49. The number of aliphatic hydroxyl groups excluding tert-OH is 1. The summed E-state index contributed by atoms with van der Waals surface area (Å²) in [7, 11) is 0. The number of nitrogens with zero attached hydrogens (tertiary/aromatic N) is 1. The third-order valence-corrected chi connectivity index (χ3v) is 2.67. The molecule has 0 radical (unpaired) electrons. The van der Waals surface area contributed by atoms with Crippen LogP contribution in [0.2, 0.25) is 0 Å². The smallest absolute Gasteiger partial charge is 0.167 e. The Morgan fingerprint density at radius 1 is 1.28 bits per heavy atom. The Bertz CT molecular complexity index is 550. The molecule has 0 aliphatic heterocycles. The fraction of sp³-hybridized carbons (Fsp3) is 0.231. The lowest BCUT2D eigenvalue weighted by atomic mass is 9.97. The van der Waals surface area contributed by atoms with Crippen LogP contribution in [0.1, 0.15) is 19.3 Å². The van der Waals surface area contributed by atoms with Crippen LogP contribution in [0.3, 0.4) is 0 Å². The summed E-state index contributed by atoms with van der Waals surface area (Å²) < 4.78 is 26.0. The van der Waals surface area contributed by atoms with Gasteiger partial charge in [-0.1, -0.05) is 0 Å². The summed E-state index contributed by atoms with van der Waals surface area (Å²) in [5.74, 6) is -1.75. The summed E-state index contributed by atoms with van der Waals surface area (Å²) in [5, 5.41) is 9.54. The Balaban J connectivity index is 2.27. The quantitative estimate of drug-likeness (QED) is 0.820. The van der Waals surface area contributed by atoms with Gasteiger partial charge in [0.15, 0.2) is 11.6 Å². The van der Waals surface area contributed by atoms with Crippen molar-refractivity contribution in [2.24, 2.45) is 4.99 Å². The summed E-state index contributed by atoms with van der Waals surface area (Å²) in [6, 6.07) is 2.96. The number of allylic oxidation sites excluding steroid dienone is 2. The van der Waals surface area contributed by atoms with E-state index in [1.54, 1.807) is 0 Å². The fourth-order valence-electron chi connectivity index (χ4n) is 1.71. The number of carbonyl (C=O) groups excluding carboxylic acids is 1. The van der Waals surface area contributed by atoms with E-state index in [0.29, 0.717) is 25.3 Å². The number of carbonyl (C=O) groups is 1. The van der Waals surface area contributed by atoms with Crippen molar-refractivity contribution in [3.8, 4) is 0 Å². The first-order valence-electron chi connectivity index (χ1n) is 5.52. The van der Waals surface area contributed by atoms with Gasteiger partial charge in [-0.05, 0) is 18.6 Å². The van der Waals surface area contributed by atoms with E-state index in [1.165, 1.54) is 6.07 Å². The molecule has 0 atom stereocenters. The number of Topliss-reactive ketones (excluding diaryl/α,β-unsaturated/α-hetero) is 1. The van der Waals surface area contributed by atoms with Crippen molar-refractivity contribution in [1.82, 2.24) is 0 Å². The van der Waals surface area contributed by atoms with E-state index >= 15 is 0 Å². The molecule has 0 bridgehead atoms. The molecule has 0 spiro atoms. The third kappa shape index (κ3) is 2.61. The molecule has 1 aromatic carbocycles. The van der Waals surface area contributed by atoms with Crippen LogP contribution in [0.4, 0.5) is 14.5 Å². The molecule has 1 aromatic rings. The molecule has 18 heavy (non-hydrogen) atoms. The van der Waals surface area contributed by atoms with Crippen molar-refractivity contribution >= 4 is 17.7 Å². The largest absolute Gasteiger partial charge is 0.512 e. The SMILES string of the molecule is O=C1CCCC(O)=C1C=Nc1ccc(F)cc1F. The average Bonchev–Trinajstić information content (AvgIpc) is 2.31. The van der Waals surface area contributed by atoms with Crippen LogP contribution >= 0.6 is 0 Å². The van der Waals surface area contributed by atoms with Gasteiger partial charge in [0.1, 0.15) is 11.6 Å². The number of benzene rings is 1. The first-order chi connectivity index (χ1) is 8.58. The number of halogens is 2. The maximum atomic E-state index is 13.3. The van der Waals surface area contributed by atoms with Crippen LogP contribution in [0.15, 0.2) is 34.5 Å². The van der Waals surface area contributed by atoms with Crippen molar-refractivity contribution in [3.05, 3.63) is 41.2 Å². The van der Waals surface area contributed by atoms with Crippen LogP contribution in [0.25, 0.3) is 0 Å². The second-order valence-corrected chi connectivity index (χ2v) is 3.99. The lowest BCUT2D eigenvalue weighted by molar-refractivity contribution is -0.115. The van der Waals surface area contributed by atoms with Crippen LogP contribution in [-0.4, -0.2) is 17.1 Å². The maximum Gasteiger partial charge on any atom is 0.167 e. The van der Waals surface area contributed by atoms with E-state index in [-0.39, 0.29) is 22.8 Å². The standard InChI is InChI=1S/C13H11F2NO2/c14-8-4-5-11(10(15)6-8)16-7-9-12(17)2-1-3-13(9)18/h4-7,17H,1-3H2. The van der Waals surface area contributed by atoms with Gasteiger partial charge in [-0.2, -0.15) is 0 Å². The van der Waals surface area contributed by atoms with Crippen molar-refractivity contribution in [2.75, 3.05) is 0 Å². The number of hydrogen-bond donors (Lipinski definition) is 1. The highest BCUT2D eigenvalue weighted by Crippen LogP contribution is 2.21. The molecule has 0 fully saturated rings. The summed E-state index contributed by atoms with van der Waals surface area (Å²) in [6.45, 7) is 0. The van der Waals surface area contributed by atoms with Crippen molar-refractivity contribution in [1.29, 1.82) is 0 Å². The molecule has 94 valence electrons. The van der Waals surface area contributed by atoms with Gasteiger partial charge in [-0.25, -0.2) is 8.78 Å². The zero-order valence-corrected chi connectivity index (χ0v) is 9.49. The van der Waals surface area contributed by atoms with Gasteiger partial charge >= 0.3 is 0 Å². The Morgan fingerprint density at radius 3 is 2.72 bits per heavy atom. The number of rotatable bonds is 2. The predicted molar refractivity (Wildman–Crippen MR) is 63.0 cm³/mol. The van der Waals surface area contributed by atoms with E-state index < -0.39 is 11.6 Å². The molecule has 1 aliphatic carbocycles. The molecule has 0 unspecified atom stereocenters. The lowest BCUT2D eigenvalue weighted by Crippen LogP contribution is -2.12. The second kappa shape index (κ2) is 5.08. The van der Waals surface area contributed by atoms with Crippen molar-refractivity contribution in [2.45, 2.75) is 19.3 Å². The van der Waals surface area contributed by atoms with E-state index in [0.717, 1.165) is 12.3 Å². The van der Waals surface area contributed by atoms with Gasteiger partial charge < -0.3 is 5.11 Å². The van der Waals surface area contributed by atoms with Gasteiger partial charge in [0.25, 0.3) is 0 Å². The van der Waals surface area contributed by atoms with Gasteiger partial charge in [-0.15, -0.1) is 0 Å². The minimum atomic E-state index is -0.811. The highest BCUT2D eigenvalue weighted by molar-refractivity contribution is 6.14. The highest BCUT2D eigenvalue weighted by Gasteiger charge is 2.18. The van der Waals surface area contributed by atoms with E-state index in [9.17, 15) is 18.7 Å². The monoisotopic (exact) mass is 251 g/mol. The Morgan fingerprint density at radius 2 is 2.06 bits per heavy atom. The maximum absolute atomic E-state index is 13.3. The predicted octanol–water partition coefficient (Wildman–Crippen LogP) is 3.23.